The van der Waals surface area contributed by atoms with Crippen LogP contribution in [-0.2, 0) is 10.2 Å². The Morgan fingerprint density at radius 1 is 0.973 bits per heavy atom. The lowest BCUT2D eigenvalue weighted by atomic mass is 9.87. The Bertz CT molecular complexity index is 1370. The van der Waals surface area contributed by atoms with Gasteiger partial charge in [-0.15, -0.1) is 22.0 Å². The van der Waals surface area contributed by atoms with Gasteiger partial charge in [-0.05, 0) is 54.0 Å². The largest absolute Gasteiger partial charge is 0.272 e. The summed E-state index contributed by atoms with van der Waals surface area (Å²) in [6.45, 7) is 8.64. The highest BCUT2D eigenvalue weighted by atomic mass is 32.2. The lowest BCUT2D eigenvalue weighted by molar-refractivity contribution is -0.118. The number of carbonyl (C=O) groups is 1. The van der Waals surface area contributed by atoms with Gasteiger partial charge in [-0.2, -0.15) is 5.10 Å². The molecule has 190 valence electrons. The molecule has 0 aliphatic carbocycles. The minimum atomic E-state index is -0.212. The highest BCUT2D eigenvalue weighted by Crippen LogP contribution is 2.30. The van der Waals surface area contributed by atoms with Gasteiger partial charge >= 0.3 is 0 Å². The fourth-order valence-corrected chi connectivity index (χ4v) is 4.78. The molecule has 37 heavy (non-hydrogen) atoms. The second kappa shape index (κ2) is 11.8. The van der Waals surface area contributed by atoms with Crippen LogP contribution in [0.3, 0.4) is 0 Å². The van der Waals surface area contributed by atoms with Crippen LogP contribution in [0.1, 0.15) is 37.5 Å². The number of amides is 1. The van der Waals surface area contributed by atoms with Gasteiger partial charge in [-0.25, -0.2) is 5.43 Å². The maximum Gasteiger partial charge on any atom is 0.250 e. The van der Waals surface area contributed by atoms with E-state index in [2.05, 4.69) is 84.8 Å². The molecule has 4 rings (SSSR count). The summed E-state index contributed by atoms with van der Waals surface area (Å²) in [5.74, 6) is 0.686. The van der Waals surface area contributed by atoms with Crippen LogP contribution in [0.5, 0.6) is 0 Å². The minimum Gasteiger partial charge on any atom is -0.272 e. The van der Waals surface area contributed by atoms with Crippen LogP contribution >= 0.6 is 23.5 Å². The minimum absolute atomic E-state index is 0.0675. The third-order valence-corrected chi connectivity index (χ3v) is 7.46. The molecular weight excluding hydrogens is 498 g/mol. The molecule has 1 aromatic heterocycles. The van der Waals surface area contributed by atoms with E-state index in [0.717, 1.165) is 22.6 Å². The highest BCUT2D eigenvalue weighted by Gasteiger charge is 2.19. The first-order valence-electron chi connectivity index (χ1n) is 12.0. The van der Waals surface area contributed by atoms with E-state index in [1.807, 2.05) is 47.2 Å². The Labute approximate surface area is 227 Å². The van der Waals surface area contributed by atoms with Crippen LogP contribution in [0.2, 0.25) is 0 Å². The third kappa shape index (κ3) is 6.90. The number of aromatic nitrogens is 3. The molecule has 0 bridgehead atoms. The Morgan fingerprint density at radius 3 is 2.27 bits per heavy atom. The van der Waals surface area contributed by atoms with Crippen molar-refractivity contribution < 1.29 is 4.79 Å². The first-order valence-corrected chi connectivity index (χ1v) is 14.2. The van der Waals surface area contributed by atoms with Gasteiger partial charge in [-0.1, -0.05) is 86.6 Å². The first kappa shape index (κ1) is 26.7. The topological polar surface area (TPSA) is 72.2 Å². The number of hydrazone groups is 1. The van der Waals surface area contributed by atoms with Crippen molar-refractivity contribution in [3.05, 3.63) is 89.5 Å². The van der Waals surface area contributed by atoms with Gasteiger partial charge in [0.25, 0.3) is 5.91 Å². The van der Waals surface area contributed by atoms with Crippen molar-refractivity contribution in [2.24, 2.45) is 5.10 Å². The molecule has 0 atom stereocenters. The number of aryl methyl sites for hydroxylation is 1. The molecule has 4 aromatic rings. The quantitative estimate of drug-likeness (QED) is 0.160. The van der Waals surface area contributed by atoms with Gasteiger partial charge < -0.3 is 0 Å². The summed E-state index contributed by atoms with van der Waals surface area (Å²) in [6, 6.07) is 24.6. The number of benzene rings is 3. The van der Waals surface area contributed by atoms with Crippen molar-refractivity contribution in [1.82, 2.24) is 20.2 Å². The van der Waals surface area contributed by atoms with Crippen molar-refractivity contribution >= 4 is 35.6 Å². The zero-order valence-corrected chi connectivity index (χ0v) is 23.4. The molecule has 0 fully saturated rings. The summed E-state index contributed by atoms with van der Waals surface area (Å²) in [5.41, 5.74) is 7.93. The van der Waals surface area contributed by atoms with Crippen LogP contribution in [0.25, 0.3) is 17.1 Å². The van der Waals surface area contributed by atoms with Gasteiger partial charge in [-0.3, -0.25) is 9.36 Å². The zero-order chi connectivity index (χ0) is 26.4. The van der Waals surface area contributed by atoms with E-state index in [4.69, 9.17) is 0 Å². The van der Waals surface area contributed by atoms with Crippen molar-refractivity contribution in [3.63, 3.8) is 0 Å². The number of nitrogens with one attached hydrogen (secondary N) is 1. The smallest absolute Gasteiger partial charge is 0.250 e. The van der Waals surface area contributed by atoms with E-state index in [-0.39, 0.29) is 17.1 Å². The first-order chi connectivity index (χ1) is 17.7. The van der Waals surface area contributed by atoms with Gasteiger partial charge in [0.1, 0.15) is 0 Å². The Kier molecular flexibility index (Phi) is 8.51. The van der Waals surface area contributed by atoms with E-state index >= 15 is 0 Å². The van der Waals surface area contributed by atoms with E-state index < -0.39 is 0 Å². The van der Waals surface area contributed by atoms with Gasteiger partial charge in [0.15, 0.2) is 11.0 Å². The number of nitrogens with zero attached hydrogens (tertiary/aromatic N) is 4. The van der Waals surface area contributed by atoms with Gasteiger partial charge in [0.05, 0.1) is 12.0 Å². The molecule has 0 aliphatic heterocycles. The average Bonchev–Trinajstić information content (AvgIpc) is 3.32. The SMILES string of the molecule is CSc1ccc(/C=N\NC(=O)CSc2nnc(-c3ccc(C(C)(C)C)cc3)n2-c2ccc(C)cc2)cc1. The lowest BCUT2D eigenvalue weighted by Crippen LogP contribution is -2.20. The molecule has 1 amide bonds. The van der Waals surface area contributed by atoms with Crippen molar-refractivity contribution in [1.29, 1.82) is 0 Å². The fraction of sp³-hybridized carbons (Fsp3) is 0.241. The van der Waals surface area contributed by atoms with Crippen LogP contribution in [0.4, 0.5) is 0 Å². The van der Waals surface area contributed by atoms with E-state index in [0.29, 0.717) is 5.16 Å². The second-order valence-corrected chi connectivity index (χ2v) is 11.5. The van der Waals surface area contributed by atoms with E-state index in [9.17, 15) is 4.79 Å². The molecule has 1 N–H and O–H groups in total. The molecule has 6 nitrogen and oxygen atoms in total. The molecule has 0 spiro atoms. The third-order valence-electron chi connectivity index (χ3n) is 5.79. The summed E-state index contributed by atoms with van der Waals surface area (Å²) in [6.07, 6.45) is 3.67. The highest BCUT2D eigenvalue weighted by molar-refractivity contribution is 7.99. The average molecular weight is 530 g/mol. The predicted octanol–water partition coefficient (Wildman–Crippen LogP) is 6.50. The monoisotopic (exact) mass is 529 g/mol. The molecule has 0 saturated heterocycles. The summed E-state index contributed by atoms with van der Waals surface area (Å²) in [5, 5.41) is 13.7. The molecule has 3 aromatic carbocycles. The van der Waals surface area contributed by atoms with Crippen LogP contribution < -0.4 is 5.43 Å². The number of hydrogen-bond acceptors (Lipinski definition) is 6. The van der Waals surface area contributed by atoms with Crippen LogP contribution in [0.15, 0.2) is 87.9 Å². The number of thioether (sulfide) groups is 2. The lowest BCUT2D eigenvalue weighted by Gasteiger charge is -2.19. The van der Waals surface area contributed by atoms with Gasteiger partial charge in [0.2, 0.25) is 0 Å². The maximum absolute atomic E-state index is 12.5. The summed E-state index contributed by atoms with van der Waals surface area (Å²) >= 11 is 3.01. The molecule has 0 aliphatic rings. The van der Waals surface area contributed by atoms with Crippen molar-refractivity contribution in [2.75, 3.05) is 12.0 Å². The molecule has 1 heterocycles. The summed E-state index contributed by atoms with van der Waals surface area (Å²) in [4.78, 5) is 13.7. The van der Waals surface area contributed by atoms with Crippen LogP contribution in [-0.4, -0.2) is 38.9 Å². The molecule has 0 unspecified atom stereocenters. The van der Waals surface area contributed by atoms with Crippen molar-refractivity contribution in [2.45, 2.75) is 43.2 Å². The fourth-order valence-electron chi connectivity index (χ4n) is 3.63. The number of rotatable bonds is 8. The van der Waals surface area contributed by atoms with Crippen LogP contribution in [0, 0.1) is 6.92 Å². The standard InChI is InChI=1S/C29H31N5OS2/c1-20-6-14-24(15-7-20)34-27(22-10-12-23(13-11-22)29(2,3)4)32-33-28(34)37-19-26(35)31-30-18-21-8-16-25(36-5)17-9-21/h6-18H,19H2,1-5H3,(H,31,35)/b30-18-. The second-order valence-electron chi connectivity index (χ2n) is 9.66. The normalized spacial score (nSPS) is 11.7. The summed E-state index contributed by atoms with van der Waals surface area (Å²) in [7, 11) is 0. The molecule has 8 heteroatoms. The maximum atomic E-state index is 12.5. The zero-order valence-electron chi connectivity index (χ0n) is 21.7. The molecule has 0 radical (unpaired) electrons. The van der Waals surface area contributed by atoms with Crippen molar-refractivity contribution in [3.8, 4) is 17.1 Å². The Morgan fingerprint density at radius 2 is 1.65 bits per heavy atom. The predicted molar refractivity (Wildman–Crippen MR) is 155 cm³/mol. The molecule has 0 saturated carbocycles. The number of carbonyl (C=O) groups excluding carboxylic acids is 1. The van der Waals surface area contributed by atoms with E-state index in [1.165, 1.54) is 27.8 Å². The van der Waals surface area contributed by atoms with E-state index in [1.54, 1.807) is 18.0 Å². The number of hydrogen-bond donors (Lipinski definition) is 1. The molecular formula is C29H31N5OS2. The summed E-state index contributed by atoms with van der Waals surface area (Å²) < 4.78 is 2.00. The Balaban J connectivity index is 1.51. The Hall–Kier alpha value is -3.36. The van der Waals surface area contributed by atoms with Gasteiger partial charge in [0, 0.05) is 16.1 Å².